The maximum Gasteiger partial charge on any atom is 0.159 e. The van der Waals surface area contributed by atoms with E-state index in [-0.39, 0.29) is 6.10 Å². The Hall–Kier alpha value is -2.79. The van der Waals surface area contributed by atoms with Crippen LogP contribution in [0.5, 0.6) is 5.75 Å². The molecule has 138 valence electrons. The molecule has 1 atom stereocenters. The van der Waals surface area contributed by atoms with Gasteiger partial charge in [0.25, 0.3) is 0 Å². The lowest BCUT2D eigenvalue weighted by molar-refractivity contribution is 0.170. The van der Waals surface area contributed by atoms with Crippen molar-refractivity contribution in [1.82, 2.24) is 10.3 Å². The molecule has 0 fully saturated rings. The van der Waals surface area contributed by atoms with Gasteiger partial charge in [-0.15, -0.1) is 0 Å². The lowest BCUT2D eigenvalue weighted by Crippen LogP contribution is -2.33. The number of hydrogen-bond acceptors (Lipinski definition) is 3. The Labute approximate surface area is 157 Å². The SMILES string of the molecule is Fc1ccc(-c2cncc(CNCC3CCc4ccccc4O3)c2)cc1F. The predicted molar refractivity (Wildman–Crippen MR) is 100 cm³/mol. The number of pyridine rings is 1. The fraction of sp³-hybridized carbons (Fsp3) is 0.227. The van der Waals surface area contributed by atoms with Crippen molar-refractivity contribution in [3.05, 3.63) is 83.7 Å². The fourth-order valence-electron chi connectivity index (χ4n) is 3.32. The summed E-state index contributed by atoms with van der Waals surface area (Å²) in [7, 11) is 0. The van der Waals surface area contributed by atoms with Gasteiger partial charge in [0.1, 0.15) is 11.9 Å². The lowest BCUT2D eigenvalue weighted by atomic mass is 10.0. The molecule has 1 unspecified atom stereocenters. The molecule has 1 aliphatic heterocycles. The topological polar surface area (TPSA) is 34.2 Å². The van der Waals surface area contributed by atoms with Gasteiger partial charge in [-0.25, -0.2) is 8.78 Å². The van der Waals surface area contributed by atoms with E-state index in [9.17, 15) is 8.78 Å². The van der Waals surface area contributed by atoms with Crippen LogP contribution in [0.2, 0.25) is 0 Å². The molecule has 1 N–H and O–H groups in total. The van der Waals surface area contributed by atoms with Crippen LogP contribution in [-0.2, 0) is 13.0 Å². The summed E-state index contributed by atoms with van der Waals surface area (Å²) in [6.07, 6.45) is 5.57. The number of nitrogens with zero attached hydrogens (tertiary/aromatic N) is 1. The van der Waals surface area contributed by atoms with E-state index in [2.05, 4.69) is 16.4 Å². The Bertz CT molecular complexity index is 945. The van der Waals surface area contributed by atoms with E-state index in [0.717, 1.165) is 42.3 Å². The Kier molecular flexibility index (Phi) is 5.12. The quantitative estimate of drug-likeness (QED) is 0.721. The molecule has 2 heterocycles. The molecule has 0 bridgehead atoms. The molecule has 0 aliphatic carbocycles. The van der Waals surface area contributed by atoms with Gasteiger partial charge in [0.15, 0.2) is 11.6 Å². The lowest BCUT2D eigenvalue weighted by Gasteiger charge is -2.26. The third-order valence-electron chi connectivity index (χ3n) is 4.75. The molecule has 2 aromatic carbocycles. The first-order chi connectivity index (χ1) is 13.2. The Morgan fingerprint density at radius 1 is 1.00 bits per heavy atom. The Balaban J connectivity index is 1.36. The maximum atomic E-state index is 13.5. The van der Waals surface area contributed by atoms with E-state index in [1.54, 1.807) is 18.5 Å². The average molecular weight is 366 g/mol. The van der Waals surface area contributed by atoms with Crippen molar-refractivity contribution in [2.45, 2.75) is 25.5 Å². The number of hydrogen-bond donors (Lipinski definition) is 1. The molecule has 0 radical (unpaired) electrons. The molecule has 1 aromatic heterocycles. The van der Waals surface area contributed by atoms with Crippen LogP contribution < -0.4 is 10.1 Å². The van der Waals surface area contributed by atoms with Gasteiger partial charge < -0.3 is 10.1 Å². The van der Waals surface area contributed by atoms with Crippen LogP contribution in [0.25, 0.3) is 11.1 Å². The van der Waals surface area contributed by atoms with E-state index in [1.165, 1.54) is 11.6 Å². The summed E-state index contributed by atoms with van der Waals surface area (Å²) in [5.41, 5.74) is 3.61. The standard InChI is InChI=1S/C22H20F2N2O/c23-20-8-6-17(10-21(20)24)18-9-15(11-25-13-18)12-26-14-19-7-5-16-3-1-2-4-22(16)27-19/h1-4,6,8-11,13,19,26H,5,7,12,14H2. The number of rotatable bonds is 5. The number of aromatic nitrogens is 1. The summed E-state index contributed by atoms with van der Waals surface area (Å²) >= 11 is 0. The van der Waals surface area contributed by atoms with Gasteiger partial charge in [-0.2, -0.15) is 0 Å². The van der Waals surface area contributed by atoms with E-state index >= 15 is 0 Å². The molecule has 5 heteroatoms. The molecule has 27 heavy (non-hydrogen) atoms. The highest BCUT2D eigenvalue weighted by Crippen LogP contribution is 2.27. The molecule has 3 nitrogen and oxygen atoms in total. The largest absolute Gasteiger partial charge is 0.489 e. The van der Waals surface area contributed by atoms with Crippen molar-refractivity contribution >= 4 is 0 Å². The maximum absolute atomic E-state index is 13.5. The van der Waals surface area contributed by atoms with Gasteiger partial charge in [-0.3, -0.25) is 4.98 Å². The molecule has 1 aliphatic rings. The summed E-state index contributed by atoms with van der Waals surface area (Å²) in [6.45, 7) is 1.37. The van der Waals surface area contributed by atoms with Gasteiger partial charge >= 0.3 is 0 Å². The summed E-state index contributed by atoms with van der Waals surface area (Å²) in [4.78, 5) is 4.22. The van der Waals surface area contributed by atoms with Crippen LogP contribution in [-0.4, -0.2) is 17.6 Å². The summed E-state index contributed by atoms with van der Waals surface area (Å²) in [6, 6.07) is 14.0. The highest BCUT2D eigenvalue weighted by atomic mass is 19.2. The molecule has 0 spiro atoms. The van der Waals surface area contributed by atoms with Crippen molar-refractivity contribution < 1.29 is 13.5 Å². The smallest absolute Gasteiger partial charge is 0.159 e. The normalized spacial score (nSPS) is 15.9. The molecule has 3 aromatic rings. The average Bonchev–Trinajstić information content (AvgIpc) is 2.70. The molecular formula is C22H20F2N2O. The predicted octanol–water partition coefficient (Wildman–Crippen LogP) is 4.51. The Morgan fingerprint density at radius 3 is 2.78 bits per heavy atom. The first-order valence-corrected chi connectivity index (χ1v) is 9.03. The number of fused-ring (bicyclic) bond motifs is 1. The minimum atomic E-state index is -0.856. The summed E-state index contributed by atoms with van der Waals surface area (Å²) < 4.78 is 32.6. The highest BCUT2D eigenvalue weighted by Gasteiger charge is 2.18. The van der Waals surface area contributed by atoms with Crippen molar-refractivity contribution in [2.24, 2.45) is 0 Å². The zero-order valence-corrected chi connectivity index (χ0v) is 14.8. The molecule has 4 rings (SSSR count). The zero-order valence-electron chi connectivity index (χ0n) is 14.8. The highest BCUT2D eigenvalue weighted by molar-refractivity contribution is 5.63. The number of ether oxygens (including phenoxy) is 1. The third kappa shape index (κ3) is 4.14. The van der Waals surface area contributed by atoms with E-state index in [4.69, 9.17) is 4.74 Å². The zero-order chi connectivity index (χ0) is 18.6. The first-order valence-electron chi connectivity index (χ1n) is 9.03. The number of halogens is 2. The van der Waals surface area contributed by atoms with Crippen LogP contribution in [0.4, 0.5) is 8.78 Å². The van der Waals surface area contributed by atoms with Crippen molar-refractivity contribution in [2.75, 3.05) is 6.54 Å². The first kappa shape index (κ1) is 17.6. The van der Waals surface area contributed by atoms with Gasteiger partial charge in [0.05, 0.1) is 0 Å². The molecular weight excluding hydrogens is 346 g/mol. The number of nitrogens with one attached hydrogen (secondary N) is 1. The number of para-hydroxylation sites is 1. The third-order valence-corrected chi connectivity index (χ3v) is 4.75. The fourth-order valence-corrected chi connectivity index (χ4v) is 3.32. The van der Waals surface area contributed by atoms with Crippen LogP contribution in [0.15, 0.2) is 60.9 Å². The van der Waals surface area contributed by atoms with E-state index < -0.39 is 11.6 Å². The molecule has 0 saturated heterocycles. The van der Waals surface area contributed by atoms with Crippen LogP contribution in [0.3, 0.4) is 0 Å². The second-order valence-electron chi connectivity index (χ2n) is 6.73. The Morgan fingerprint density at radius 2 is 1.89 bits per heavy atom. The van der Waals surface area contributed by atoms with Gasteiger partial charge in [0.2, 0.25) is 0 Å². The van der Waals surface area contributed by atoms with Crippen molar-refractivity contribution in [1.29, 1.82) is 0 Å². The van der Waals surface area contributed by atoms with E-state index in [1.807, 2.05) is 24.3 Å². The van der Waals surface area contributed by atoms with Gasteiger partial charge in [0, 0.05) is 31.0 Å². The minimum absolute atomic E-state index is 0.141. The molecule has 0 amide bonds. The van der Waals surface area contributed by atoms with Crippen molar-refractivity contribution in [3.8, 4) is 16.9 Å². The van der Waals surface area contributed by atoms with Crippen LogP contribution in [0.1, 0.15) is 17.5 Å². The second-order valence-corrected chi connectivity index (χ2v) is 6.73. The summed E-state index contributed by atoms with van der Waals surface area (Å²) in [5, 5.41) is 3.40. The van der Waals surface area contributed by atoms with Crippen LogP contribution >= 0.6 is 0 Å². The second kappa shape index (κ2) is 7.84. The molecule has 0 saturated carbocycles. The monoisotopic (exact) mass is 366 g/mol. The van der Waals surface area contributed by atoms with E-state index in [0.29, 0.717) is 12.1 Å². The number of benzene rings is 2. The number of aryl methyl sites for hydroxylation is 1. The van der Waals surface area contributed by atoms with Crippen molar-refractivity contribution in [3.63, 3.8) is 0 Å². The van der Waals surface area contributed by atoms with Gasteiger partial charge in [-0.1, -0.05) is 24.3 Å². The minimum Gasteiger partial charge on any atom is -0.489 e. The van der Waals surface area contributed by atoms with Crippen LogP contribution in [0, 0.1) is 11.6 Å². The summed E-state index contributed by atoms with van der Waals surface area (Å²) in [5.74, 6) is -0.734. The van der Waals surface area contributed by atoms with Gasteiger partial charge in [-0.05, 0) is 53.8 Å².